The molecule has 0 aliphatic carbocycles. The van der Waals surface area contributed by atoms with Gasteiger partial charge in [0, 0.05) is 20.4 Å². The summed E-state index contributed by atoms with van der Waals surface area (Å²) in [7, 11) is 1.53. The van der Waals surface area contributed by atoms with Gasteiger partial charge in [-0.15, -0.1) is 0 Å². The van der Waals surface area contributed by atoms with Crippen LogP contribution in [0, 0.1) is 0 Å². The zero-order chi connectivity index (χ0) is 8.85. The van der Waals surface area contributed by atoms with Crippen molar-refractivity contribution in [1.29, 1.82) is 0 Å². The monoisotopic (exact) mass is 155 g/mol. The van der Waals surface area contributed by atoms with Crippen LogP contribution in [0.1, 0.15) is 26.7 Å². The Kier molecular flexibility index (Phi) is 4.34. The lowest BCUT2D eigenvalue weighted by atomic mass is 10.1. The fourth-order valence-corrected chi connectivity index (χ4v) is 0.673. The molecule has 0 saturated heterocycles. The Hall–Kier alpha value is -0.990. The maximum atomic E-state index is 10.9. The molecular weight excluding hydrogens is 142 g/mol. The van der Waals surface area contributed by atoms with Crippen LogP contribution >= 0.6 is 0 Å². The molecule has 0 atom stereocenters. The van der Waals surface area contributed by atoms with E-state index in [0.717, 1.165) is 0 Å². The van der Waals surface area contributed by atoms with Gasteiger partial charge in [-0.05, 0) is 0 Å². The standard InChI is InChI=1S/C8H13NO2/c1-4-7(11)5-8(9-3)6(2)10/h4-5H2,1-3H3. The van der Waals surface area contributed by atoms with Gasteiger partial charge < -0.3 is 0 Å². The summed E-state index contributed by atoms with van der Waals surface area (Å²) >= 11 is 0. The van der Waals surface area contributed by atoms with Gasteiger partial charge >= 0.3 is 0 Å². The maximum absolute atomic E-state index is 10.9. The van der Waals surface area contributed by atoms with Crippen LogP contribution in [0.25, 0.3) is 0 Å². The van der Waals surface area contributed by atoms with Crippen molar-refractivity contribution in [3.63, 3.8) is 0 Å². The van der Waals surface area contributed by atoms with Gasteiger partial charge in [-0.25, -0.2) is 0 Å². The molecule has 0 aliphatic rings. The highest BCUT2D eigenvalue weighted by molar-refractivity contribution is 6.41. The van der Waals surface area contributed by atoms with Gasteiger partial charge in [-0.3, -0.25) is 14.6 Å². The molecule has 0 N–H and O–H groups in total. The Balaban J connectivity index is 4.12. The number of Topliss-reactive ketones (excluding diaryl/α,β-unsaturated/α-hetero) is 2. The number of ketones is 2. The molecule has 0 heterocycles. The molecule has 0 aliphatic heterocycles. The third kappa shape index (κ3) is 3.65. The highest BCUT2D eigenvalue weighted by Crippen LogP contribution is 1.93. The van der Waals surface area contributed by atoms with E-state index in [4.69, 9.17) is 0 Å². The van der Waals surface area contributed by atoms with Crippen molar-refractivity contribution in [1.82, 2.24) is 0 Å². The zero-order valence-electron chi connectivity index (χ0n) is 7.18. The lowest BCUT2D eigenvalue weighted by molar-refractivity contribution is -0.118. The van der Waals surface area contributed by atoms with Gasteiger partial charge in [0.1, 0.15) is 5.78 Å². The third-order valence-electron chi connectivity index (χ3n) is 1.44. The van der Waals surface area contributed by atoms with E-state index in [2.05, 4.69) is 4.99 Å². The number of carbonyl (C=O) groups excluding carboxylic acids is 2. The SMILES string of the molecule is CCC(=O)CC(=NC)C(C)=O. The molecule has 62 valence electrons. The molecule has 11 heavy (non-hydrogen) atoms. The Morgan fingerprint density at radius 2 is 1.91 bits per heavy atom. The highest BCUT2D eigenvalue weighted by Gasteiger charge is 2.08. The van der Waals surface area contributed by atoms with Crippen LogP contribution in [0.4, 0.5) is 0 Å². The van der Waals surface area contributed by atoms with Crippen molar-refractivity contribution in [3.05, 3.63) is 0 Å². The second-order valence-corrected chi connectivity index (χ2v) is 2.30. The van der Waals surface area contributed by atoms with Crippen molar-refractivity contribution in [2.75, 3.05) is 7.05 Å². The molecular formula is C8H13NO2. The highest BCUT2D eigenvalue weighted by atomic mass is 16.1. The first kappa shape index (κ1) is 10.0. The molecule has 0 unspecified atom stereocenters. The molecule has 3 heteroatoms. The Morgan fingerprint density at radius 1 is 1.36 bits per heavy atom. The predicted octanol–water partition coefficient (Wildman–Crippen LogP) is 1.02. The smallest absolute Gasteiger partial charge is 0.173 e. The topological polar surface area (TPSA) is 46.5 Å². The summed E-state index contributed by atoms with van der Waals surface area (Å²) in [6, 6.07) is 0. The van der Waals surface area contributed by atoms with E-state index < -0.39 is 0 Å². The number of aliphatic imine (C=N–C) groups is 1. The molecule has 0 rings (SSSR count). The summed E-state index contributed by atoms with van der Waals surface area (Å²) in [5.41, 5.74) is 0.372. The molecule has 0 aromatic carbocycles. The van der Waals surface area contributed by atoms with Gasteiger partial charge in [0.2, 0.25) is 0 Å². The summed E-state index contributed by atoms with van der Waals surface area (Å²) in [4.78, 5) is 25.3. The second kappa shape index (κ2) is 4.77. The van der Waals surface area contributed by atoms with Crippen molar-refractivity contribution < 1.29 is 9.59 Å². The van der Waals surface area contributed by atoms with Crippen molar-refractivity contribution in [2.45, 2.75) is 26.7 Å². The zero-order valence-corrected chi connectivity index (χ0v) is 7.18. The summed E-state index contributed by atoms with van der Waals surface area (Å²) in [5, 5.41) is 0. The lowest BCUT2D eigenvalue weighted by Crippen LogP contribution is -2.14. The Labute approximate surface area is 66.5 Å². The minimum atomic E-state index is -0.116. The van der Waals surface area contributed by atoms with Crippen LogP contribution in [0.2, 0.25) is 0 Å². The number of nitrogens with zero attached hydrogens (tertiary/aromatic N) is 1. The summed E-state index contributed by atoms with van der Waals surface area (Å²) in [6.07, 6.45) is 0.647. The third-order valence-corrected chi connectivity index (χ3v) is 1.44. The number of hydrogen-bond donors (Lipinski definition) is 0. The van der Waals surface area contributed by atoms with Crippen LogP contribution in [-0.2, 0) is 9.59 Å². The van der Waals surface area contributed by atoms with Crippen molar-refractivity contribution >= 4 is 17.3 Å². The quantitative estimate of drug-likeness (QED) is 0.569. The summed E-state index contributed by atoms with van der Waals surface area (Å²) in [6.45, 7) is 3.20. The molecule has 0 aromatic rings. The normalized spacial score (nSPS) is 11.4. The predicted molar refractivity (Wildman–Crippen MR) is 44.0 cm³/mol. The fraction of sp³-hybridized carbons (Fsp3) is 0.625. The molecule has 0 aromatic heterocycles. The second-order valence-electron chi connectivity index (χ2n) is 2.30. The summed E-state index contributed by atoms with van der Waals surface area (Å²) < 4.78 is 0. The minimum Gasteiger partial charge on any atom is -0.299 e. The van der Waals surface area contributed by atoms with E-state index >= 15 is 0 Å². The van der Waals surface area contributed by atoms with Gasteiger partial charge in [-0.1, -0.05) is 6.92 Å². The average Bonchev–Trinajstić information content (AvgIpc) is 1.99. The molecule has 0 radical (unpaired) electrons. The van der Waals surface area contributed by atoms with E-state index in [1.807, 2.05) is 0 Å². The van der Waals surface area contributed by atoms with E-state index in [1.165, 1.54) is 14.0 Å². The number of hydrogen-bond acceptors (Lipinski definition) is 3. The van der Waals surface area contributed by atoms with E-state index in [0.29, 0.717) is 12.1 Å². The molecule has 3 nitrogen and oxygen atoms in total. The lowest BCUT2D eigenvalue weighted by Gasteiger charge is -1.97. The van der Waals surface area contributed by atoms with Crippen LogP contribution < -0.4 is 0 Å². The van der Waals surface area contributed by atoms with Gasteiger partial charge in [0.05, 0.1) is 12.1 Å². The fourth-order valence-electron chi connectivity index (χ4n) is 0.673. The number of rotatable bonds is 4. The number of carbonyl (C=O) groups is 2. The van der Waals surface area contributed by atoms with Crippen LogP contribution in [0.3, 0.4) is 0 Å². The van der Waals surface area contributed by atoms with Crippen LogP contribution in [0.5, 0.6) is 0 Å². The van der Waals surface area contributed by atoms with Crippen LogP contribution in [0.15, 0.2) is 4.99 Å². The van der Waals surface area contributed by atoms with Gasteiger partial charge in [-0.2, -0.15) is 0 Å². The van der Waals surface area contributed by atoms with Gasteiger partial charge in [0.25, 0.3) is 0 Å². The van der Waals surface area contributed by atoms with Crippen LogP contribution in [-0.4, -0.2) is 24.3 Å². The van der Waals surface area contributed by atoms with Crippen molar-refractivity contribution in [2.24, 2.45) is 4.99 Å². The van der Waals surface area contributed by atoms with E-state index in [9.17, 15) is 9.59 Å². The largest absolute Gasteiger partial charge is 0.299 e. The molecule has 0 amide bonds. The Morgan fingerprint density at radius 3 is 2.18 bits per heavy atom. The Bertz CT molecular complexity index is 194. The molecule has 0 fully saturated rings. The molecule has 0 bridgehead atoms. The first-order valence-electron chi connectivity index (χ1n) is 3.60. The average molecular weight is 155 g/mol. The maximum Gasteiger partial charge on any atom is 0.173 e. The minimum absolute atomic E-state index is 0.0563. The van der Waals surface area contributed by atoms with E-state index in [-0.39, 0.29) is 18.0 Å². The first-order valence-corrected chi connectivity index (χ1v) is 3.60. The van der Waals surface area contributed by atoms with E-state index in [1.54, 1.807) is 6.92 Å². The molecule has 0 spiro atoms. The molecule has 0 saturated carbocycles. The first-order chi connectivity index (χ1) is 5.11. The van der Waals surface area contributed by atoms with Crippen molar-refractivity contribution in [3.8, 4) is 0 Å². The summed E-state index contributed by atoms with van der Waals surface area (Å²) in [5.74, 6) is -0.0601. The van der Waals surface area contributed by atoms with Gasteiger partial charge in [0.15, 0.2) is 5.78 Å².